The largest absolute Gasteiger partial charge is 0.416 e. The van der Waals surface area contributed by atoms with Crippen molar-refractivity contribution < 1.29 is 13.2 Å². The number of alkyl halides is 4. The van der Waals surface area contributed by atoms with Crippen molar-refractivity contribution >= 4 is 21.6 Å². The first-order valence-electron chi connectivity index (χ1n) is 7.46. The Morgan fingerprint density at radius 3 is 2.43 bits per heavy atom. The van der Waals surface area contributed by atoms with Crippen LogP contribution < -0.4 is 4.90 Å². The summed E-state index contributed by atoms with van der Waals surface area (Å²) in [5.74, 6) is 0.732. The van der Waals surface area contributed by atoms with E-state index in [9.17, 15) is 13.2 Å². The lowest BCUT2D eigenvalue weighted by Crippen LogP contribution is -2.33. The number of hydrogen-bond acceptors (Lipinski definition) is 1. The van der Waals surface area contributed by atoms with Gasteiger partial charge < -0.3 is 4.90 Å². The zero-order valence-electron chi connectivity index (χ0n) is 12.2. The van der Waals surface area contributed by atoms with Crippen LogP contribution in [0, 0.1) is 5.92 Å². The second-order valence-corrected chi connectivity index (χ2v) is 6.25. The second-order valence-electron chi connectivity index (χ2n) is 5.69. The molecule has 0 aliphatic carbocycles. The van der Waals surface area contributed by atoms with Crippen molar-refractivity contribution in [1.82, 2.24) is 0 Å². The molecular formula is C16H21BrF3N. The van der Waals surface area contributed by atoms with E-state index >= 15 is 0 Å². The van der Waals surface area contributed by atoms with Crippen LogP contribution in [0.4, 0.5) is 18.9 Å². The first-order valence-corrected chi connectivity index (χ1v) is 8.59. The standard InChI is InChI=1S/C16H21BrF3N/c1-2-3-12-6-8-21(9-7-12)14-5-4-13(11-17)15(10-14)16(18,19)20/h4-5,10,12H,2-3,6-9,11H2,1H3. The Balaban J connectivity index is 2.15. The monoisotopic (exact) mass is 363 g/mol. The summed E-state index contributed by atoms with van der Waals surface area (Å²) in [6.45, 7) is 3.90. The molecule has 2 rings (SSSR count). The summed E-state index contributed by atoms with van der Waals surface area (Å²) in [6.07, 6.45) is 0.275. The highest BCUT2D eigenvalue weighted by atomic mass is 79.9. The van der Waals surface area contributed by atoms with Gasteiger partial charge in [0.15, 0.2) is 0 Å². The van der Waals surface area contributed by atoms with Gasteiger partial charge in [0.1, 0.15) is 0 Å². The highest BCUT2D eigenvalue weighted by Crippen LogP contribution is 2.36. The third-order valence-corrected chi connectivity index (χ3v) is 4.82. The molecule has 0 unspecified atom stereocenters. The molecule has 1 fully saturated rings. The zero-order valence-corrected chi connectivity index (χ0v) is 13.8. The van der Waals surface area contributed by atoms with Gasteiger partial charge in [-0.25, -0.2) is 0 Å². The van der Waals surface area contributed by atoms with Crippen LogP contribution in [-0.4, -0.2) is 13.1 Å². The van der Waals surface area contributed by atoms with E-state index < -0.39 is 11.7 Å². The van der Waals surface area contributed by atoms with Crippen molar-refractivity contribution in [3.8, 4) is 0 Å². The molecule has 1 aliphatic rings. The molecule has 1 aromatic rings. The zero-order chi connectivity index (χ0) is 15.5. The van der Waals surface area contributed by atoms with Crippen molar-refractivity contribution in [2.45, 2.75) is 44.1 Å². The molecule has 0 saturated carbocycles. The molecule has 21 heavy (non-hydrogen) atoms. The molecule has 1 aliphatic heterocycles. The number of hydrogen-bond donors (Lipinski definition) is 0. The predicted molar refractivity (Wildman–Crippen MR) is 83.9 cm³/mol. The minimum absolute atomic E-state index is 0.223. The van der Waals surface area contributed by atoms with Crippen LogP contribution in [0.25, 0.3) is 0 Å². The Kier molecular flexibility index (Phi) is 5.58. The molecule has 0 bridgehead atoms. The maximum Gasteiger partial charge on any atom is 0.416 e. The third-order valence-electron chi connectivity index (χ3n) is 4.22. The van der Waals surface area contributed by atoms with Gasteiger partial charge in [0.2, 0.25) is 0 Å². The molecule has 0 amide bonds. The Bertz CT molecular complexity index is 465. The molecule has 1 nitrogen and oxygen atoms in total. The van der Waals surface area contributed by atoms with Gasteiger partial charge in [-0.05, 0) is 36.5 Å². The smallest absolute Gasteiger partial charge is 0.372 e. The van der Waals surface area contributed by atoms with Crippen LogP contribution in [0.1, 0.15) is 43.7 Å². The van der Waals surface area contributed by atoms with Crippen molar-refractivity contribution in [2.75, 3.05) is 18.0 Å². The minimum atomic E-state index is -4.29. The molecule has 5 heteroatoms. The van der Waals surface area contributed by atoms with Crippen LogP contribution in [-0.2, 0) is 11.5 Å². The van der Waals surface area contributed by atoms with Crippen molar-refractivity contribution in [1.29, 1.82) is 0 Å². The predicted octanol–water partition coefficient (Wildman–Crippen LogP) is 5.62. The van der Waals surface area contributed by atoms with E-state index in [-0.39, 0.29) is 5.33 Å². The van der Waals surface area contributed by atoms with E-state index in [4.69, 9.17) is 0 Å². The summed E-state index contributed by atoms with van der Waals surface area (Å²) in [4.78, 5) is 2.08. The number of nitrogens with zero attached hydrogens (tertiary/aromatic N) is 1. The molecule has 118 valence electrons. The van der Waals surface area contributed by atoms with E-state index in [1.165, 1.54) is 18.9 Å². The highest BCUT2D eigenvalue weighted by Gasteiger charge is 2.34. The van der Waals surface area contributed by atoms with Gasteiger partial charge in [0.25, 0.3) is 0 Å². The summed E-state index contributed by atoms with van der Waals surface area (Å²) >= 11 is 3.13. The molecule has 0 aromatic heterocycles. The van der Waals surface area contributed by atoms with E-state index in [1.807, 2.05) is 6.07 Å². The van der Waals surface area contributed by atoms with E-state index in [0.29, 0.717) is 11.3 Å². The van der Waals surface area contributed by atoms with Gasteiger partial charge in [-0.3, -0.25) is 0 Å². The highest BCUT2D eigenvalue weighted by molar-refractivity contribution is 9.08. The van der Waals surface area contributed by atoms with Gasteiger partial charge in [0.05, 0.1) is 5.56 Å². The van der Waals surface area contributed by atoms with E-state index in [0.717, 1.165) is 31.8 Å². The fourth-order valence-electron chi connectivity index (χ4n) is 3.03. The Hall–Kier alpha value is -0.710. The van der Waals surface area contributed by atoms with Crippen LogP contribution in [0.15, 0.2) is 18.2 Å². The van der Waals surface area contributed by atoms with Crippen molar-refractivity contribution in [3.63, 3.8) is 0 Å². The average Bonchev–Trinajstić information content (AvgIpc) is 2.47. The minimum Gasteiger partial charge on any atom is -0.372 e. The normalized spacial score (nSPS) is 17.3. The number of anilines is 1. The lowest BCUT2D eigenvalue weighted by molar-refractivity contribution is -0.138. The van der Waals surface area contributed by atoms with Crippen molar-refractivity contribution in [3.05, 3.63) is 29.3 Å². The van der Waals surface area contributed by atoms with Gasteiger partial charge in [0, 0.05) is 24.1 Å². The first kappa shape index (κ1) is 16.7. The number of halogens is 4. The molecule has 0 atom stereocenters. The molecule has 1 heterocycles. The first-order chi connectivity index (χ1) is 9.95. The van der Waals surface area contributed by atoms with Gasteiger partial charge in [-0.2, -0.15) is 13.2 Å². The van der Waals surface area contributed by atoms with Gasteiger partial charge in [-0.1, -0.05) is 41.8 Å². The average molecular weight is 364 g/mol. The van der Waals surface area contributed by atoms with Crippen LogP contribution in [0.2, 0.25) is 0 Å². The summed E-state index contributed by atoms with van der Waals surface area (Å²) < 4.78 is 39.3. The van der Waals surface area contributed by atoms with Gasteiger partial charge >= 0.3 is 6.18 Å². The van der Waals surface area contributed by atoms with E-state index in [2.05, 4.69) is 27.8 Å². The van der Waals surface area contributed by atoms with E-state index in [1.54, 1.807) is 6.07 Å². The summed E-state index contributed by atoms with van der Waals surface area (Å²) in [6, 6.07) is 4.70. The SMILES string of the molecule is CCCC1CCN(c2ccc(CBr)c(C(F)(F)F)c2)CC1. The number of rotatable bonds is 4. The maximum atomic E-state index is 13.1. The maximum absolute atomic E-state index is 13.1. The third kappa shape index (κ3) is 4.15. The summed E-state index contributed by atoms with van der Waals surface area (Å²) in [7, 11) is 0. The van der Waals surface area contributed by atoms with Crippen LogP contribution >= 0.6 is 15.9 Å². The molecule has 0 spiro atoms. The van der Waals surface area contributed by atoms with Crippen LogP contribution in [0.5, 0.6) is 0 Å². The molecule has 1 saturated heterocycles. The lowest BCUT2D eigenvalue weighted by atomic mass is 9.92. The second kappa shape index (κ2) is 7.03. The number of piperidine rings is 1. The Labute approximate surface area is 132 Å². The summed E-state index contributed by atoms with van der Waals surface area (Å²) in [5, 5.41) is 0.223. The summed E-state index contributed by atoms with van der Waals surface area (Å²) in [5.41, 5.74) is 0.474. The van der Waals surface area contributed by atoms with Gasteiger partial charge in [-0.15, -0.1) is 0 Å². The quantitative estimate of drug-likeness (QED) is 0.627. The van der Waals surface area contributed by atoms with Crippen LogP contribution in [0.3, 0.4) is 0 Å². The fourth-order valence-corrected chi connectivity index (χ4v) is 3.52. The topological polar surface area (TPSA) is 3.24 Å². The Morgan fingerprint density at radius 2 is 1.90 bits per heavy atom. The molecule has 0 radical (unpaired) electrons. The molecule has 0 N–H and O–H groups in total. The fraction of sp³-hybridized carbons (Fsp3) is 0.625. The molecular weight excluding hydrogens is 343 g/mol. The lowest BCUT2D eigenvalue weighted by Gasteiger charge is -2.34. The number of benzene rings is 1. The molecule has 1 aromatic carbocycles. The Morgan fingerprint density at radius 1 is 1.24 bits per heavy atom. The van der Waals surface area contributed by atoms with Crippen molar-refractivity contribution in [2.24, 2.45) is 5.92 Å².